The zero-order chi connectivity index (χ0) is 14.7. The summed E-state index contributed by atoms with van der Waals surface area (Å²) in [7, 11) is 0. The summed E-state index contributed by atoms with van der Waals surface area (Å²) in [4.78, 5) is 4.34. The van der Waals surface area contributed by atoms with Gasteiger partial charge in [0.2, 0.25) is 11.7 Å². The molecule has 0 fully saturated rings. The molecule has 1 aromatic heterocycles. The Morgan fingerprint density at radius 2 is 1.76 bits per heavy atom. The van der Waals surface area contributed by atoms with Gasteiger partial charge >= 0.3 is 0 Å². The number of hydrogen-bond donors (Lipinski definition) is 2. The number of nitrogens with two attached hydrogens (primary N) is 1. The van der Waals surface area contributed by atoms with Crippen molar-refractivity contribution in [2.24, 2.45) is 5.73 Å². The van der Waals surface area contributed by atoms with Gasteiger partial charge in [0.1, 0.15) is 5.75 Å². The SMILES string of the molecule is N[C@H](Cc1ccc(O)cc1)c1nc(-c2ccccc2)no1. The van der Waals surface area contributed by atoms with Gasteiger partial charge in [-0.2, -0.15) is 4.98 Å². The highest BCUT2D eigenvalue weighted by atomic mass is 16.5. The zero-order valence-corrected chi connectivity index (χ0v) is 11.3. The summed E-state index contributed by atoms with van der Waals surface area (Å²) in [5.74, 6) is 1.17. The Bertz CT molecular complexity index is 708. The van der Waals surface area contributed by atoms with Gasteiger partial charge in [-0.15, -0.1) is 0 Å². The van der Waals surface area contributed by atoms with Crippen LogP contribution >= 0.6 is 0 Å². The maximum atomic E-state index is 9.27. The van der Waals surface area contributed by atoms with Crippen LogP contribution in [-0.2, 0) is 6.42 Å². The third kappa shape index (κ3) is 3.09. The maximum Gasteiger partial charge on any atom is 0.244 e. The molecule has 0 amide bonds. The number of phenolic OH excluding ortho intramolecular Hbond substituents is 1. The molecule has 3 N–H and O–H groups in total. The Morgan fingerprint density at radius 1 is 1.05 bits per heavy atom. The van der Waals surface area contributed by atoms with Crippen LogP contribution in [0.5, 0.6) is 5.75 Å². The lowest BCUT2D eigenvalue weighted by Gasteiger charge is -2.06. The molecule has 5 heteroatoms. The van der Waals surface area contributed by atoms with E-state index in [4.69, 9.17) is 10.3 Å². The predicted molar refractivity (Wildman–Crippen MR) is 78.5 cm³/mol. The van der Waals surface area contributed by atoms with Crippen molar-refractivity contribution in [1.82, 2.24) is 10.1 Å². The Balaban J connectivity index is 1.75. The molecule has 0 saturated carbocycles. The van der Waals surface area contributed by atoms with E-state index in [9.17, 15) is 5.11 Å². The van der Waals surface area contributed by atoms with E-state index in [0.29, 0.717) is 18.1 Å². The van der Waals surface area contributed by atoms with Gasteiger partial charge in [-0.3, -0.25) is 0 Å². The monoisotopic (exact) mass is 281 g/mol. The lowest BCUT2D eigenvalue weighted by molar-refractivity contribution is 0.354. The quantitative estimate of drug-likeness (QED) is 0.768. The summed E-state index contributed by atoms with van der Waals surface area (Å²) >= 11 is 0. The molecule has 0 radical (unpaired) electrons. The first kappa shape index (κ1) is 13.3. The van der Waals surface area contributed by atoms with Gasteiger partial charge in [0, 0.05) is 5.56 Å². The van der Waals surface area contributed by atoms with Gasteiger partial charge in [-0.1, -0.05) is 47.6 Å². The van der Waals surface area contributed by atoms with E-state index in [0.717, 1.165) is 11.1 Å². The molecular weight excluding hydrogens is 266 g/mol. The van der Waals surface area contributed by atoms with Gasteiger partial charge in [-0.25, -0.2) is 0 Å². The summed E-state index contributed by atoms with van der Waals surface area (Å²) in [6, 6.07) is 16.1. The van der Waals surface area contributed by atoms with Crippen LogP contribution in [0.1, 0.15) is 17.5 Å². The number of hydrogen-bond acceptors (Lipinski definition) is 5. The van der Waals surface area contributed by atoms with Gasteiger partial charge in [0.25, 0.3) is 0 Å². The lowest BCUT2D eigenvalue weighted by atomic mass is 10.1. The first-order chi connectivity index (χ1) is 10.2. The Kier molecular flexibility index (Phi) is 3.66. The molecule has 3 rings (SSSR count). The molecule has 3 aromatic rings. The smallest absolute Gasteiger partial charge is 0.244 e. The first-order valence-electron chi connectivity index (χ1n) is 6.65. The molecular formula is C16H15N3O2. The van der Waals surface area contributed by atoms with E-state index in [1.165, 1.54) is 0 Å². The molecule has 0 bridgehead atoms. The van der Waals surface area contributed by atoms with Crippen LogP contribution in [-0.4, -0.2) is 15.2 Å². The minimum Gasteiger partial charge on any atom is -0.508 e. The van der Waals surface area contributed by atoms with E-state index in [-0.39, 0.29) is 11.8 Å². The molecule has 0 saturated heterocycles. The van der Waals surface area contributed by atoms with E-state index < -0.39 is 0 Å². The second-order valence-corrected chi connectivity index (χ2v) is 4.80. The molecule has 0 spiro atoms. The van der Waals surface area contributed by atoms with Crippen LogP contribution in [0.25, 0.3) is 11.4 Å². The Morgan fingerprint density at radius 3 is 2.48 bits per heavy atom. The first-order valence-corrected chi connectivity index (χ1v) is 6.65. The van der Waals surface area contributed by atoms with Crippen molar-refractivity contribution in [2.75, 3.05) is 0 Å². The minimum absolute atomic E-state index is 0.233. The number of phenols is 1. The van der Waals surface area contributed by atoms with E-state index in [2.05, 4.69) is 10.1 Å². The molecule has 0 aliphatic rings. The molecule has 106 valence electrons. The molecule has 0 aliphatic heterocycles. The molecule has 0 aliphatic carbocycles. The average molecular weight is 281 g/mol. The van der Waals surface area contributed by atoms with Gasteiger partial charge in [0.15, 0.2) is 0 Å². The van der Waals surface area contributed by atoms with Crippen LogP contribution in [0.4, 0.5) is 0 Å². The number of nitrogens with zero attached hydrogens (tertiary/aromatic N) is 2. The molecule has 2 aromatic carbocycles. The summed E-state index contributed by atoms with van der Waals surface area (Å²) in [5.41, 5.74) is 7.99. The number of rotatable bonds is 4. The van der Waals surface area contributed by atoms with Crippen LogP contribution in [0.3, 0.4) is 0 Å². The van der Waals surface area contributed by atoms with Crippen molar-refractivity contribution in [3.63, 3.8) is 0 Å². The fourth-order valence-electron chi connectivity index (χ4n) is 2.06. The maximum absolute atomic E-state index is 9.27. The van der Waals surface area contributed by atoms with Crippen molar-refractivity contribution < 1.29 is 9.63 Å². The number of aromatic hydroxyl groups is 1. The number of benzene rings is 2. The summed E-state index contributed by atoms with van der Waals surface area (Å²) in [5, 5.41) is 13.2. The average Bonchev–Trinajstić information content (AvgIpc) is 3.00. The summed E-state index contributed by atoms with van der Waals surface area (Å²) in [6.07, 6.45) is 0.566. The summed E-state index contributed by atoms with van der Waals surface area (Å²) in [6.45, 7) is 0. The van der Waals surface area contributed by atoms with Crippen LogP contribution < -0.4 is 5.73 Å². The standard InChI is InChI=1S/C16H15N3O2/c17-14(10-11-6-8-13(20)9-7-11)16-18-15(19-21-16)12-4-2-1-3-5-12/h1-9,14,20H,10,17H2/t14-/m1/s1. The summed E-state index contributed by atoms with van der Waals surface area (Å²) < 4.78 is 5.24. The second kappa shape index (κ2) is 5.76. The van der Waals surface area contributed by atoms with Crippen molar-refractivity contribution in [3.05, 3.63) is 66.1 Å². The largest absolute Gasteiger partial charge is 0.508 e. The van der Waals surface area contributed by atoms with Gasteiger partial charge < -0.3 is 15.4 Å². The molecule has 1 atom stereocenters. The van der Waals surface area contributed by atoms with E-state index in [1.54, 1.807) is 12.1 Å². The molecule has 5 nitrogen and oxygen atoms in total. The van der Waals surface area contributed by atoms with Crippen LogP contribution in [0, 0.1) is 0 Å². The van der Waals surface area contributed by atoms with Gasteiger partial charge in [-0.05, 0) is 24.1 Å². The topological polar surface area (TPSA) is 85.2 Å². The molecule has 1 heterocycles. The third-order valence-electron chi connectivity index (χ3n) is 3.18. The van der Waals surface area contributed by atoms with Crippen molar-refractivity contribution in [2.45, 2.75) is 12.5 Å². The second-order valence-electron chi connectivity index (χ2n) is 4.80. The fourth-order valence-corrected chi connectivity index (χ4v) is 2.06. The molecule has 0 unspecified atom stereocenters. The fraction of sp³-hybridized carbons (Fsp3) is 0.125. The van der Waals surface area contributed by atoms with Crippen molar-refractivity contribution >= 4 is 0 Å². The van der Waals surface area contributed by atoms with Gasteiger partial charge in [0.05, 0.1) is 6.04 Å². The minimum atomic E-state index is -0.375. The van der Waals surface area contributed by atoms with Crippen LogP contribution in [0.2, 0.25) is 0 Å². The lowest BCUT2D eigenvalue weighted by Crippen LogP contribution is -2.13. The highest BCUT2D eigenvalue weighted by Gasteiger charge is 2.16. The van der Waals surface area contributed by atoms with Crippen molar-refractivity contribution in [1.29, 1.82) is 0 Å². The predicted octanol–water partition coefficient (Wildman–Crippen LogP) is 2.68. The van der Waals surface area contributed by atoms with E-state index in [1.807, 2.05) is 42.5 Å². The highest BCUT2D eigenvalue weighted by Crippen LogP contribution is 2.20. The zero-order valence-electron chi connectivity index (χ0n) is 11.3. The van der Waals surface area contributed by atoms with Crippen molar-refractivity contribution in [3.8, 4) is 17.1 Å². The Labute approximate surface area is 122 Å². The third-order valence-corrected chi connectivity index (χ3v) is 3.18. The van der Waals surface area contributed by atoms with Crippen LogP contribution in [0.15, 0.2) is 59.1 Å². The normalized spacial score (nSPS) is 12.2. The Hall–Kier alpha value is -2.66. The van der Waals surface area contributed by atoms with E-state index >= 15 is 0 Å². The number of aromatic nitrogens is 2. The highest BCUT2D eigenvalue weighted by molar-refractivity contribution is 5.53. The molecule has 21 heavy (non-hydrogen) atoms.